The third kappa shape index (κ3) is 6.21. The SMILES string of the molecule is CCCCCC1CCC(c2ccc(-c3ccc(CCCC)cc3CC)cc2)CC1. The molecule has 158 valence electrons. The van der Waals surface area contributed by atoms with Crippen LogP contribution >= 0.6 is 0 Å². The van der Waals surface area contributed by atoms with E-state index in [1.54, 1.807) is 5.56 Å². The Labute approximate surface area is 180 Å². The molecule has 0 amide bonds. The van der Waals surface area contributed by atoms with E-state index >= 15 is 0 Å². The summed E-state index contributed by atoms with van der Waals surface area (Å²) in [5.41, 5.74) is 7.39. The molecule has 0 N–H and O–H groups in total. The zero-order chi connectivity index (χ0) is 20.5. The van der Waals surface area contributed by atoms with Crippen LogP contribution in [0.5, 0.6) is 0 Å². The molecule has 0 heteroatoms. The first-order valence-corrected chi connectivity index (χ1v) is 12.5. The van der Waals surface area contributed by atoms with Crippen molar-refractivity contribution in [2.24, 2.45) is 5.92 Å². The Kier molecular flexibility index (Phi) is 8.84. The normalized spacial score (nSPS) is 19.4. The summed E-state index contributed by atoms with van der Waals surface area (Å²) in [4.78, 5) is 0. The lowest BCUT2D eigenvalue weighted by Gasteiger charge is -2.29. The van der Waals surface area contributed by atoms with E-state index in [4.69, 9.17) is 0 Å². The highest BCUT2D eigenvalue weighted by atomic mass is 14.3. The number of rotatable bonds is 10. The first kappa shape index (κ1) is 22.1. The molecule has 0 radical (unpaired) electrons. The summed E-state index contributed by atoms with van der Waals surface area (Å²) in [5.74, 6) is 1.78. The summed E-state index contributed by atoms with van der Waals surface area (Å²) in [6, 6.07) is 16.7. The second kappa shape index (κ2) is 11.6. The Hall–Kier alpha value is -1.56. The minimum atomic E-state index is 0.786. The average molecular weight is 391 g/mol. The van der Waals surface area contributed by atoms with Crippen LogP contribution < -0.4 is 0 Å². The molecule has 0 atom stereocenters. The molecule has 0 aromatic heterocycles. The molecule has 1 saturated carbocycles. The van der Waals surface area contributed by atoms with E-state index in [2.05, 4.69) is 63.2 Å². The van der Waals surface area contributed by atoms with Crippen molar-refractivity contribution < 1.29 is 0 Å². The molecule has 0 nitrogen and oxygen atoms in total. The van der Waals surface area contributed by atoms with E-state index in [0.29, 0.717) is 0 Å². The molecule has 1 aliphatic carbocycles. The smallest absolute Gasteiger partial charge is 0.0152 e. The third-order valence-corrected chi connectivity index (χ3v) is 7.13. The highest BCUT2D eigenvalue weighted by Crippen LogP contribution is 2.38. The summed E-state index contributed by atoms with van der Waals surface area (Å²) in [6.45, 7) is 6.87. The minimum Gasteiger partial charge on any atom is -0.0654 e. The molecule has 1 aliphatic rings. The molecule has 0 saturated heterocycles. The maximum atomic E-state index is 2.44. The number of benzene rings is 2. The second-order valence-corrected chi connectivity index (χ2v) is 9.28. The summed E-state index contributed by atoms with van der Waals surface area (Å²) in [7, 11) is 0. The maximum Gasteiger partial charge on any atom is -0.0152 e. The molecular formula is C29H42. The van der Waals surface area contributed by atoms with Gasteiger partial charge in [-0.15, -0.1) is 0 Å². The molecule has 2 aromatic carbocycles. The lowest BCUT2D eigenvalue weighted by atomic mass is 9.77. The van der Waals surface area contributed by atoms with Gasteiger partial charge in [0.25, 0.3) is 0 Å². The van der Waals surface area contributed by atoms with Crippen LogP contribution in [0.25, 0.3) is 11.1 Å². The number of unbranched alkanes of at least 4 members (excludes halogenated alkanes) is 3. The van der Waals surface area contributed by atoms with E-state index in [0.717, 1.165) is 18.3 Å². The first-order valence-electron chi connectivity index (χ1n) is 12.5. The van der Waals surface area contributed by atoms with Crippen molar-refractivity contribution in [1.82, 2.24) is 0 Å². The Morgan fingerprint density at radius 3 is 2.14 bits per heavy atom. The molecular weight excluding hydrogens is 348 g/mol. The molecule has 0 spiro atoms. The highest BCUT2D eigenvalue weighted by molar-refractivity contribution is 5.68. The topological polar surface area (TPSA) is 0 Å². The average Bonchev–Trinajstić information content (AvgIpc) is 2.78. The van der Waals surface area contributed by atoms with Gasteiger partial charge in [0, 0.05) is 0 Å². The summed E-state index contributed by atoms with van der Waals surface area (Å²) in [6.07, 6.45) is 16.2. The summed E-state index contributed by atoms with van der Waals surface area (Å²) < 4.78 is 0. The minimum absolute atomic E-state index is 0.786. The maximum absolute atomic E-state index is 2.44. The zero-order valence-corrected chi connectivity index (χ0v) is 19.2. The Morgan fingerprint density at radius 1 is 0.759 bits per heavy atom. The van der Waals surface area contributed by atoms with Crippen LogP contribution in [0.1, 0.15) is 108 Å². The van der Waals surface area contributed by atoms with Crippen LogP contribution in [0.4, 0.5) is 0 Å². The molecule has 2 aromatic rings. The summed E-state index contributed by atoms with van der Waals surface area (Å²) in [5, 5.41) is 0. The number of hydrogen-bond donors (Lipinski definition) is 0. The van der Waals surface area contributed by atoms with Gasteiger partial charge in [-0.1, -0.05) is 95.3 Å². The highest BCUT2D eigenvalue weighted by Gasteiger charge is 2.22. The monoisotopic (exact) mass is 390 g/mol. The third-order valence-electron chi connectivity index (χ3n) is 7.13. The van der Waals surface area contributed by atoms with Gasteiger partial charge in [0.05, 0.1) is 0 Å². The van der Waals surface area contributed by atoms with Gasteiger partial charge in [-0.2, -0.15) is 0 Å². The van der Waals surface area contributed by atoms with Gasteiger partial charge in [-0.25, -0.2) is 0 Å². The molecule has 0 bridgehead atoms. The van der Waals surface area contributed by atoms with Gasteiger partial charge >= 0.3 is 0 Å². The molecule has 0 unspecified atom stereocenters. The Bertz CT molecular complexity index is 716. The number of aryl methyl sites for hydroxylation is 2. The van der Waals surface area contributed by atoms with Crippen molar-refractivity contribution >= 4 is 0 Å². The van der Waals surface area contributed by atoms with Gasteiger partial charge < -0.3 is 0 Å². The lowest BCUT2D eigenvalue weighted by Crippen LogP contribution is -2.13. The van der Waals surface area contributed by atoms with Crippen molar-refractivity contribution in [1.29, 1.82) is 0 Å². The van der Waals surface area contributed by atoms with Crippen molar-refractivity contribution in [3.05, 3.63) is 59.2 Å². The van der Waals surface area contributed by atoms with Crippen LogP contribution in [-0.2, 0) is 12.8 Å². The van der Waals surface area contributed by atoms with Crippen LogP contribution in [-0.4, -0.2) is 0 Å². The van der Waals surface area contributed by atoms with E-state index in [1.807, 2.05) is 0 Å². The molecule has 3 rings (SSSR count). The van der Waals surface area contributed by atoms with Gasteiger partial charge in [-0.05, 0) is 84.6 Å². The van der Waals surface area contributed by atoms with Crippen LogP contribution in [0, 0.1) is 5.92 Å². The van der Waals surface area contributed by atoms with E-state index in [-0.39, 0.29) is 0 Å². The predicted octanol–water partition coefficient (Wildman–Crippen LogP) is 9.11. The second-order valence-electron chi connectivity index (χ2n) is 9.28. The number of hydrogen-bond acceptors (Lipinski definition) is 0. The van der Waals surface area contributed by atoms with Gasteiger partial charge in [0.15, 0.2) is 0 Å². The predicted molar refractivity (Wildman–Crippen MR) is 129 cm³/mol. The van der Waals surface area contributed by atoms with E-state index in [9.17, 15) is 0 Å². The Morgan fingerprint density at radius 2 is 1.48 bits per heavy atom. The molecule has 1 fully saturated rings. The van der Waals surface area contributed by atoms with Crippen LogP contribution in [0.2, 0.25) is 0 Å². The van der Waals surface area contributed by atoms with Gasteiger partial charge in [-0.3, -0.25) is 0 Å². The van der Waals surface area contributed by atoms with Gasteiger partial charge in [0.1, 0.15) is 0 Å². The van der Waals surface area contributed by atoms with Crippen molar-refractivity contribution in [2.75, 3.05) is 0 Å². The summed E-state index contributed by atoms with van der Waals surface area (Å²) >= 11 is 0. The fraction of sp³-hybridized carbons (Fsp3) is 0.586. The lowest BCUT2D eigenvalue weighted by molar-refractivity contribution is 0.303. The van der Waals surface area contributed by atoms with E-state index in [1.165, 1.54) is 92.9 Å². The Balaban J connectivity index is 1.62. The molecule has 0 heterocycles. The van der Waals surface area contributed by atoms with Crippen LogP contribution in [0.3, 0.4) is 0 Å². The zero-order valence-electron chi connectivity index (χ0n) is 19.2. The van der Waals surface area contributed by atoms with Gasteiger partial charge in [0.2, 0.25) is 0 Å². The van der Waals surface area contributed by atoms with E-state index < -0.39 is 0 Å². The molecule has 29 heavy (non-hydrogen) atoms. The first-order chi connectivity index (χ1) is 14.2. The van der Waals surface area contributed by atoms with Crippen molar-refractivity contribution in [3.8, 4) is 11.1 Å². The van der Waals surface area contributed by atoms with Crippen molar-refractivity contribution in [3.63, 3.8) is 0 Å². The standard InChI is InChI=1S/C29H42/c1-4-7-9-11-23-12-15-26(16-13-23)27-17-19-28(20-18-27)29-21-14-24(10-8-5-2)22-25(29)6-3/h14,17-23,26H,4-13,15-16H2,1-3H3. The fourth-order valence-corrected chi connectivity index (χ4v) is 5.16. The van der Waals surface area contributed by atoms with Crippen molar-refractivity contribution in [2.45, 2.75) is 104 Å². The van der Waals surface area contributed by atoms with Crippen LogP contribution in [0.15, 0.2) is 42.5 Å². The largest absolute Gasteiger partial charge is 0.0654 e. The fourth-order valence-electron chi connectivity index (χ4n) is 5.16. The quantitative estimate of drug-likeness (QED) is 0.355. The molecule has 0 aliphatic heterocycles.